The van der Waals surface area contributed by atoms with E-state index in [0.717, 1.165) is 12.1 Å². The Balaban J connectivity index is -0.000000480. The Hall–Kier alpha value is -0.0600. The van der Waals surface area contributed by atoms with Crippen molar-refractivity contribution in [2.24, 2.45) is 5.73 Å². The third-order valence-electron chi connectivity index (χ3n) is 1.67. The molecule has 1 unspecified atom stereocenters. The molecule has 1 rings (SSSR count). The summed E-state index contributed by atoms with van der Waals surface area (Å²) in [6.45, 7) is 0.853. The average Bonchev–Trinajstić information content (AvgIpc) is 2.05. The molecule has 0 aromatic carbocycles. The summed E-state index contributed by atoms with van der Waals surface area (Å²) in [5.41, 5.74) is 7.00. The van der Waals surface area contributed by atoms with Crippen LogP contribution in [0.15, 0.2) is 24.5 Å². The van der Waals surface area contributed by atoms with Crippen LogP contribution >= 0.6 is 37.2 Å². The van der Waals surface area contributed by atoms with Crippen LogP contribution in [-0.4, -0.2) is 30.5 Å². The third kappa shape index (κ3) is 7.82. The molecule has 0 fully saturated rings. The van der Waals surface area contributed by atoms with E-state index in [2.05, 4.69) is 9.88 Å². The van der Waals surface area contributed by atoms with Crippen molar-refractivity contribution in [3.05, 3.63) is 30.1 Å². The molecular weight excluding hydrogens is 256 g/mol. The lowest BCUT2D eigenvalue weighted by Crippen LogP contribution is -2.25. The highest BCUT2D eigenvalue weighted by molar-refractivity contribution is 5.86. The maximum absolute atomic E-state index is 5.91. The Morgan fingerprint density at radius 3 is 2.33 bits per heavy atom. The Kier molecular flexibility index (Phi) is 14.2. The van der Waals surface area contributed by atoms with Gasteiger partial charge >= 0.3 is 0 Å². The van der Waals surface area contributed by atoms with Gasteiger partial charge in [0.15, 0.2) is 0 Å². The van der Waals surface area contributed by atoms with Gasteiger partial charge in [-0.2, -0.15) is 0 Å². The zero-order valence-electron chi connectivity index (χ0n) is 8.79. The molecule has 0 saturated heterocycles. The van der Waals surface area contributed by atoms with Crippen molar-refractivity contribution in [1.82, 2.24) is 9.88 Å². The number of pyridine rings is 1. The first-order chi connectivity index (χ1) is 5.70. The van der Waals surface area contributed by atoms with Crippen LogP contribution in [0.4, 0.5) is 0 Å². The first kappa shape index (κ1) is 20.4. The number of halogens is 3. The molecule has 0 saturated carbocycles. The maximum Gasteiger partial charge on any atom is 0.0439 e. The van der Waals surface area contributed by atoms with Crippen LogP contribution in [0.5, 0.6) is 0 Å². The first-order valence-electron chi connectivity index (χ1n) is 4.00. The van der Waals surface area contributed by atoms with E-state index in [9.17, 15) is 0 Å². The number of nitrogens with zero attached hydrogens (tertiary/aromatic N) is 2. The van der Waals surface area contributed by atoms with Crippen LogP contribution in [0.3, 0.4) is 0 Å². The largest absolute Gasteiger partial charge is 0.323 e. The minimum Gasteiger partial charge on any atom is -0.323 e. The van der Waals surface area contributed by atoms with Gasteiger partial charge in [-0.3, -0.25) is 4.98 Å². The minimum absolute atomic E-state index is 0. The molecule has 6 heteroatoms. The van der Waals surface area contributed by atoms with Crippen molar-refractivity contribution in [2.75, 3.05) is 20.6 Å². The van der Waals surface area contributed by atoms with Gasteiger partial charge in [-0.05, 0) is 25.7 Å². The van der Waals surface area contributed by atoms with Crippen molar-refractivity contribution < 1.29 is 0 Å². The predicted molar refractivity (Wildman–Crippen MR) is 71.5 cm³/mol. The lowest BCUT2D eigenvalue weighted by atomic mass is 10.1. The Bertz CT molecular complexity index is 231. The fraction of sp³-hybridized carbons (Fsp3) is 0.444. The number of likely N-dealkylation sites (N-methyl/N-ethyl adjacent to an activating group) is 1. The second kappa shape index (κ2) is 10.5. The predicted octanol–water partition coefficient (Wildman–Crippen LogP) is 1.91. The minimum atomic E-state index is 0. The van der Waals surface area contributed by atoms with Crippen LogP contribution in [0, 0.1) is 0 Å². The zero-order chi connectivity index (χ0) is 8.97. The van der Waals surface area contributed by atoms with E-state index in [1.54, 1.807) is 6.20 Å². The zero-order valence-corrected chi connectivity index (χ0v) is 11.2. The van der Waals surface area contributed by atoms with Crippen LogP contribution in [0.2, 0.25) is 0 Å². The molecule has 1 aromatic heterocycles. The summed E-state index contributed by atoms with van der Waals surface area (Å²) >= 11 is 0. The van der Waals surface area contributed by atoms with E-state index in [1.165, 1.54) is 0 Å². The van der Waals surface area contributed by atoms with E-state index < -0.39 is 0 Å². The summed E-state index contributed by atoms with van der Waals surface area (Å²) in [6.07, 6.45) is 3.57. The van der Waals surface area contributed by atoms with E-state index in [4.69, 9.17) is 5.73 Å². The standard InChI is InChI=1S/C9H15N3.3ClH/c1-12(2)7-9(10)8-4-3-5-11-6-8;;;/h3-6,9H,7,10H2,1-2H3;3*1H. The van der Waals surface area contributed by atoms with Crippen molar-refractivity contribution >= 4 is 37.2 Å². The molecule has 0 radical (unpaired) electrons. The van der Waals surface area contributed by atoms with Gasteiger partial charge in [-0.15, -0.1) is 37.2 Å². The topological polar surface area (TPSA) is 42.1 Å². The van der Waals surface area contributed by atoms with Gasteiger partial charge in [0.05, 0.1) is 0 Å². The molecule has 0 aliphatic rings. The number of rotatable bonds is 3. The summed E-state index contributed by atoms with van der Waals surface area (Å²) in [4.78, 5) is 6.08. The molecule has 15 heavy (non-hydrogen) atoms. The summed E-state index contributed by atoms with van der Waals surface area (Å²) in [5.74, 6) is 0. The van der Waals surface area contributed by atoms with Crippen molar-refractivity contribution in [3.8, 4) is 0 Å². The van der Waals surface area contributed by atoms with E-state index in [1.807, 2.05) is 32.4 Å². The highest BCUT2D eigenvalue weighted by atomic mass is 35.5. The average molecular weight is 275 g/mol. The lowest BCUT2D eigenvalue weighted by molar-refractivity contribution is 0.376. The summed E-state index contributed by atoms with van der Waals surface area (Å²) in [6, 6.07) is 3.97. The Morgan fingerprint density at radius 2 is 1.93 bits per heavy atom. The van der Waals surface area contributed by atoms with E-state index in [-0.39, 0.29) is 43.3 Å². The molecule has 90 valence electrons. The van der Waals surface area contributed by atoms with Gasteiger partial charge in [0, 0.05) is 25.0 Å². The lowest BCUT2D eigenvalue weighted by Gasteiger charge is -2.16. The van der Waals surface area contributed by atoms with Crippen LogP contribution in [0.1, 0.15) is 11.6 Å². The van der Waals surface area contributed by atoms with Crippen molar-refractivity contribution in [2.45, 2.75) is 6.04 Å². The molecule has 2 N–H and O–H groups in total. The fourth-order valence-electron chi connectivity index (χ4n) is 1.09. The quantitative estimate of drug-likeness (QED) is 0.915. The summed E-state index contributed by atoms with van der Waals surface area (Å²) in [5, 5.41) is 0. The summed E-state index contributed by atoms with van der Waals surface area (Å²) < 4.78 is 0. The van der Waals surface area contributed by atoms with Crippen LogP contribution < -0.4 is 5.73 Å². The number of hydrogen-bond donors (Lipinski definition) is 1. The maximum atomic E-state index is 5.91. The number of aromatic nitrogens is 1. The highest BCUT2D eigenvalue weighted by Crippen LogP contribution is 2.07. The molecule has 3 nitrogen and oxygen atoms in total. The van der Waals surface area contributed by atoms with Gasteiger partial charge in [0.1, 0.15) is 0 Å². The van der Waals surface area contributed by atoms with Crippen molar-refractivity contribution in [3.63, 3.8) is 0 Å². The molecule has 1 atom stereocenters. The Labute approximate surface area is 110 Å². The molecular formula is C9H18Cl3N3. The molecule has 0 aliphatic heterocycles. The van der Waals surface area contributed by atoms with Gasteiger partial charge in [0.2, 0.25) is 0 Å². The molecule has 1 heterocycles. The molecule has 0 spiro atoms. The second-order valence-corrected chi connectivity index (χ2v) is 3.16. The first-order valence-corrected chi connectivity index (χ1v) is 4.00. The van der Waals surface area contributed by atoms with Gasteiger partial charge < -0.3 is 10.6 Å². The van der Waals surface area contributed by atoms with Gasteiger partial charge in [-0.1, -0.05) is 6.07 Å². The summed E-state index contributed by atoms with van der Waals surface area (Å²) in [7, 11) is 4.02. The fourth-order valence-corrected chi connectivity index (χ4v) is 1.09. The van der Waals surface area contributed by atoms with Crippen LogP contribution in [0.25, 0.3) is 0 Å². The normalized spacial score (nSPS) is 10.7. The number of nitrogens with two attached hydrogens (primary N) is 1. The molecule has 0 aliphatic carbocycles. The molecule has 0 amide bonds. The van der Waals surface area contributed by atoms with E-state index >= 15 is 0 Å². The smallest absolute Gasteiger partial charge is 0.0439 e. The third-order valence-corrected chi connectivity index (χ3v) is 1.67. The molecule has 1 aromatic rings. The van der Waals surface area contributed by atoms with Gasteiger partial charge in [-0.25, -0.2) is 0 Å². The Morgan fingerprint density at radius 1 is 1.33 bits per heavy atom. The number of hydrogen-bond acceptors (Lipinski definition) is 3. The van der Waals surface area contributed by atoms with E-state index in [0.29, 0.717) is 0 Å². The SMILES string of the molecule is CN(C)CC(N)c1cccnc1.Cl.Cl.Cl. The van der Waals surface area contributed by atoms with Crippen LogP contribution in [-0.2, 0) is 0 Å². The molecule has 0 bridgehead atoms. The monoisotopic (exact) mass is 273 g/mol. The van der Waals surface area contributed by atoms with Gasteiger partial charge in [0.25, 0.3) is 0 Å². The highest BCUT2D eigenvalue weighted by Gasteiger charge is 2.05. The van der Waals surface area contributed by atoms with Crippen molar-refractivity contribution in [1.29, 1.82) is 0 Å². The second-order valence-electron chi connectivity index (χ2n) is 3.16.